The second kappa shape index (κ2) is 13.4. The number of carboxylic acids is 1. The van der Waals surface area contributed by atoms with Gasteiger partial charge >= 0.3 is 5.97 Å². The number of carbonyl (C=O) groups is 2. The zero-order valence-corrected chi connectivity index (χ0v) is 25.4. The molecule has 3 N–H and O–H groups in total. The molecule has 0 aromatic heterocycles. The summed E-state index contributed by atoms with van der Waals surface area (Å²) in [6.45, 7) is 4.84. The number of fused-ring (bicyclic) bond motifs is 1. The standard InChI is InChI=1S/C31H37N3O8S/c1-20-16-34(21(2)19-35)30(36)27-15-24(32-43(39,40)26-12-10-25(41-4)11-13-26)9-14-28(27)42-29(20)18-33(3)17-22-5-7-23(8-6-22)31(37)38/h5-15,20-21,29,32,35H,16-19H2,1-4H3,(H,37,38)/t20-,21-,29-/m0/s1. The maximum atomic E-state index is 13.7. The summed E-state index contributed by atoms with van der Waals surface area (Å²) in [7, 11) is -0.538. The summed E-state index contributed by atoms with van der Waals surface area (Å²) >= 11 is 0. The molecule has 1 amide bonds. The Morgan fingerprint density at radius 2 is 1.81 bits per heavy atom. The van der Waals surface area contributed by atoms with Crippen molar-refractivity contribution in [2.75, 3.05) is 38.6 Å². The highest BCUT2D eigenvalue weighted by atomic mass is 32.2. The number of likely N-dealkylation sites (N-methyl/N-ethyl adjacent to an activating group) is 1. The Morgan fingerprint density at radius 1 is 1.14 bits per heavy atom. The van der Waals surface area contributed by atoms with Gasteiger partial charge in [0.15, 0.2) is 0 Å². The van der Waals surface area contributed by atoms with E-state index in [1.807, 2.05) is 14.0 Å². The van der Waals surface area contributed by atoms with Crippen molar-refractivity contribution in [1.82, 2.24) is 9.80 Å². The first kappa shape index (κ1) is 31.8. The minimum Gasteiger partial charge on any atom is -0.497 e. The largest absolute Gasteiger partial charge is 0.497 e. The number of hydrogen-bond acceptors (Lipinski definition) is 8. The highest BCUT2D eigenvalue weighted by Crippen LogP contribution is 2.31. The Hall–Kier alpha value is -4.13. The van der Waals surface area contributed by atoms with E-state index in [1.165, 1.54) is 25.3 Å². The SMILES string of the molecule is COc1ccc(S(=O)(=O)Nc2ccc3c(c2)C(=O)N([C@@H](C)CO)C[C@H](C)[C@H](CN(C)Cc2ccc(C(=O)O)cc2)O3)cc1. The van der Waals surface area contributed by atoms with Gasteiger partial charge in [-0.3, -0.25) is 14.4 Å². The molecule has 0 unspecified atom stereocenters. The summed E-state index contributed by atoms with van der Waals surface area (Å²) in [4.78, 5) is 28.6. The van der Waals surface area contributed by atoms with Crippen molar-refractivity contribution in [2.45, 2.75) is 37.4 Å². The zero-order valence-electron chi connectivity index (χ0n) is 24.6. The molecule has 0 fully saturated rings. The third kappa shape index (κ3) is 7.64. The molecule has 0 bridgehead atoms. The van der Waals surface area contributed by atoms with Crippen LogP contribution in [0.4, 0.5) is 5.69 Å². The number of nitrogens with one attached hydrogen (secondary N) is 1. The fourth-order valence-electron chi connectivity index (χ4n) is 4.91. The van der Waals surface area contributed by atoms with Gasteiger partial charge in [0.05, 0.1) is 35.8 Å². The van der Waals surface area contributed by atoms with E-state index in [4.69, 9.17) is 14.6 Å². The van der Waals surface area contributed by atoms with Crippen LogP contribution in [0.2, 0.25) is 0 Å². The predicted molar refractivity (Wildman–Crippen MR) is 161 cm³/mol. The number of amides is 1. The van der Waals surface area contributed by atoms with Crippen molar-refractivity contribution >= 4 is 27.6 Å². The molecule has 3 aromatic rings. The van der Waals surface area contributed by atoms with E-state index in [0.29, 0.717) is 31.1 Å². The summed E-state index contributed by atoms with van der Waals surface area (Å²) in [5, 5.41) is 19.1. The van der Waals surface area contributed by atoms with E-state index in [2.05, 4.69) is 9.62 Å². The van der Waals surface area contributed by atoms with E-state index in [9.17, 15) is 23.1 Å². The predicted octanol–water partition coefficient (Wildman–Crippen LogP) is 3.55. The van der Waals surface area contributed by atoms with Gasteiger partial charge < -0.3 is 24.6 Å². The van der Waals surface area contributed by atoms with E-state index in [1.54, 1.807) is 60.4 Å². The van der Waals surface area contributed by atoms with Crippen molar-refractivity contribution in [2.24, 2.45) is 5.92 Å². The van der Waals surface area contributed by atoms with Gasteiger partial charge in [-0.25, -0.2) is 13.2 Å². The number of hydrogen-bond donors (Lipinski definition) is 3. The Balaban J connectivity index is 1.60. The van der Waals surface area contributed by atoms with Gasteiger partial charge in [0.2, 0.25) is 0 Å². The quantitative estimate of drug-likeness (QED) is 0.296. The molecule has 4 rings (SSSR count). The molecule has 11 nitrogen and oxygen atoms in total. The zero-order chi connectivity index (χ0) is 31.3. The molecular formula is C31H37N3O8S. The molecule has 0 saturated carbocycles. The summed E-state index contributed by atoms with van der Waals surface area (Å²) in [6.07, 6.45) is -0.356. The molecule has 12 heteroatoms. The summed E-state index contributed by atoms with van der Waals surface area (Å²) < 4.78 is 40.2. The van der Waals surface area contributed by atoms with Gasteiger partial charge in [0.25, 0.3) is 15.9 Å². The number of ether oxygens (including phenoxy) is 2. The third-order valence-corrected chi connectivity index (χ3v) is 8.83. The molecule has 0 saturated heterocycles. The molecule has 3 aromatic carbocycles. The van der Waals surface area contributed by atoms with Crippen molar-refractivity contribution in [3.8, 4) is 11.5 Å². The summed E-state index contributed by atoms with van der Waals surface area (Å²) in [6, 6.07) is 16.7. The number of nitrogens with zero attached hydrogens (tertiary/aromatic N) is 2. The number of rotatable bonds is 11. The molecule has 0 radical (unpaired) electrons. The van der Waals surface area contributed by atoms with Crippen LogP contribution in [-0.4, -0.2) is 86.3 Å². The lowest BCUT2D eigenvalue weighted by Gasteiger charge is -2.38. The van der Waals surface area contributed by atoms with E-state index in [0.717, 1.165) is 5.56 Å². The average molecular weight is 612 g/mol. The van der Waals surface area contributed by atoms with Crippen molar-refractivity contribution in [3.05, 3.63) is 83.4 Å². The Bertz CT molecular complexity index is 1540. The number of aliphatic hydroxyl groups excluding tert-OH is 1. The van der Waals surface area contributed by atoms with Crippen LogP contribution in [-0.2, 0) is 16.6 Å². The molecular weight excluding hydrogens is 574 g/mol. The normalized spacial score (nSPS) is 17.8. The first-order chi connectivity index (χ1) is 20.4. The molecule has 1 aliphatic rings. The highest BCUT2D eigenvalue weighted by molar-refractivity contribution is 7.92. The van der Waals surface area contributed by atoms with Gasteiger partial charge in [-0.15, -0.1) is 0 Å². The van der Waals surface area contributed by atoms with Gasteiger partial charge in [-0.1, -0.05) is 19.1 Å². The molecule has 43 heavy (non-hydrogen) atoms. The van der Waals surface area contributed by atoms with Crippen molar-refractivity contribution in [1.29, 1.82) is 0 Å². The van der Waals surface area contributed by atoms with Crippen LogP contribution in [0.5, 0.6) is 11.5 Å². The van der Waals surface area contributed by atoms with Gasteiger partial charge in [0.1, 0.15) is 17.6 Å². The molecule has 1 heterocycles. The number of anilines is 1. The molecule has 0 spiro atoms. The average Bonchev–Trinajstić information content (AvgIpc) is 2.99. The number of sulfonamides is 1. The van der Waals surface area contributed by atoms with Crippen molar-refractivity contribution in [3.63, 3.8) is 0 Å². The first-order valence-corrected chi connectivity index (χ1v) is 15.3. The maximum Gasteiger partial charge on any atom is 0.335 e. The van der Waals surface area contributed by atoms with Gasteiger partial charge in [-0.05, 0) is 74.1 Å². The Morgan fingerprint density at radius 3 is 2.42 bits per heavy atom. The van der Waals surface area contributed by atoms with Gasteiger partial charge in [-0.2, -0.15) is 0 Å². The van der Waals surface area contributed by atoms with Crippen LogP contribution in [0.3, 0.4) is 0 Å². The van der Waals surface area contributed by atoms with Crippen LogP contribution < -0.4 is 14.2 Å². The van der Waals surface area contributed by atoms with Crippen LogP contribution in [0.15, 0.2) is 71.6 Å². The number of benzene rings is 3. The van der Waals surface area contributed by atoms with E-state index in [-0.39, 0.29) is 46.2 Å². The monoisotopic (exact) mass is 611 g/mol. The number of carboxylic acid groups (broad SMARTS) is 1. The number of carbonyl (C=O) groups excluding carboxylic acids is 1. The Labute approximate surface area is 251 Å². The second-order valence-corrected chi connectivity index (χ2v) is 12.5. The Kier molecular flexibility index (Phi) is 9.95. The maximum absolute atomic E-state index is 13.7. The van der Waals surface area contributed by atoms with E-state index < -0.39 is 22.0 Å². The molecule has 3 atom stereocenters. The second-order valence-electron chi connectivity index (χ2n) is 10.8. The molecule has 230 valence electrons. The summed E-state index contributed by atoms with van der Waals surface area (Å²) in [5.74, 6) is -0.645. The van der Waals surface area contributed by atoms with Crippen LogP contribution in [0, 0.1) is 5.92 Å². The van der Waals surface area contributed by atoms with Crippen LogP contribution >= 0.6 is 0 Å². The topological polar surface area (TPSA) is 146 Å². The van der Waals surface area contributed by atoms with Gasteiger partial charge in [0, 0.05) is 31.2 Å². The van der Waals surface area contributed by atoms with Crippen LogP contribution in [0.1, 0.15) is 40.1 Å². The van der Waals surface area contributed by atoms with Crippen LogP contribution in [0.25, 0.3) is 0 Å². The lowest BCUT2D eigenvalue weighted by Crippen LogP contribution is -2.49. The fraction of sp³-hybridized carbons (Fsp3) is 0.355. The minimum atomic E-state index is -3.96. The molecule has 0 aliphatic carbocycles. The number of aromatic carboxylic acids is 1. The summed E-state index contributed by atoms with van der Waals surface area (Å²) in [5.41, 5.74) is 1.52. The van der Waals surface area contributed by atoms with Crippen molar-refractivity contribution < 1.29 is 37.7 Å². The minimum absolute atomic E-state index is 0.0349. The van der Waals surface area contributed by atoms with E-state index >= 15 is 0 Å². The first-order valence-electron chi connectivity index (χ1n) is 13.8. The highest BCUT2D eigenvalue weighted by Gasteiger charge is 2.33. The fourth-order valence-corrected chi connectivity index (χ4v) is 5.96. The number of methoxy groups -OCH3 is 1. The third-order valence-electron chi connectivity index (χ3n) is 7.43. The smallest absolute Gasteiger partial charge is 0.335 e. The lowest BCUT2D eigenvalue weighted by atomic mass is 9.99. The lowest BCUT2D eigenvalue weighted by molar-refractivity contribution is 0.0341. The number of aliphatic hydroxyl groups is 1. The molecule has 1 aliphatic heterocycles.